The molecule has 2 aromatic carbocycles. The molecule has 2 N–H and O–H groups in total. The summed E-state index contributed by atoms with van der Waals surface area (Å²) in [5, 5.41) is 0. The maximum absolute atomic E-state index is 6.36. The van der Waals surface area contributed by atoms with Crippen molar-refractivity contribution in [2.45, 2.75) is 38.8 Å². The summed E-state index contributed by atoms with van der Waals surface area (Å²) in [6.07, 6.45) is 3.03. The lowest BCUT2D eigenvalue weighted by molar-refractivity contribution is 0.555. The molecular formula is C19H23N3. The van der Waals surface area contributed by atoms with Gasteiger partial charge in [0, 0.05) is 6.54 Å². The fourth-order valence-corrected chi connectivity index (χ4v) is 2.94. The highest BCUT2D eigenvalue weighted by atomic mass is 15.1. The van der Waals surface area contributed by atoms with Crippen molar-refractivity contribution in [1.29, 1.82) is 0 Å². The molecule has 0 bridgehead atoms. The standard InChI is InChI=1S/C19H23N3/c1-2-8-16(20)19-21-17-11-6-7-12-18(17)22(19)14-13-15-9-4-3-5-10-15/h3-7,9-12,16H,2,8,13-14,20H2,1H3. The van der Waals surface area contributed by atoms with Crippen LogP contribution in [0.3, 0.4) is 0 Å². The van der Waals surface area contributed by atoms with Crippen molar-refractivity contribution in [2.75, 3.05) is 0 Å². The Morgan fingerprint density at radius 3 is 2.55 bits per heavy atom. The van der Waals surface area contributed by atoms with Crippen molar-refractivity contribution in [3.8, 4) is 0 Å². The fraction of sp³-hybridized carbons (Fsp3) is 0.316. The molecule has 1 aromatic heterocycles. The van der Waals surface area contributed by atoms with Crippen molar-refractivity contribution >= 4 is 11.0 Å². The van der Waals surface area contributed by atoms with Crippen LogP contribution in [0.15, 0.2) is 54.6 Å². The molecule has 0 spiro atoms. The van der Waals surface area contributed by atoms with Crippen LogP contribution in [0, 0.1) is 0 Å². The Labute approximate surface area is 131 Å². The van der Waals surface area contributed by atoms with Crippen LogP contribution in [0.4, 0.5) is 0 Å². The Balaban J connectivity index is 1.93. The van der Waals surface area contributed by atoms with Crippen molar-refractivity contribution < 1.29 is 0 Å². The average Bonchev–Trinajstić information content (AvgIpc) is 2.93. The van der Waals surface area contributed by atoms with Gasteiger partial charge in [-0.25, -0.2) is 4.98 Å². The van der Waals surface area contributed by atoms with Gasteiger partial charge in [-0.1, -0.05) is 55.8 Å². The molecule has 0 fully saturated rings. The van der Waals surface area contributed by atoms with E-state index in [9.17, 15) is 0 Å². The molecule has 3 aromatic rings. The number of benzene rings is 2. The second-order valence-corrected chi connectivity index (χ2v) is 5.74. The van der Waals surface area contributed by atoms with Crippen LogP contribution in [0.25, 0.3) is 11.0 Å². The van der Waals surface area contributed by atoms with Crippen LogP contribution in [-0.2, 0) is 13.0 Å². The van der Waals surface area contributed by atoms with Gasteiger partial charge in [0.05, 0.1) is 17.1 Å². The molecule has 1 heterocycles. The third kappa shape index (κ3) is 3.04. The molecule has 0 saturated carbocycles. The first-order valence-electron chi connectivity index (χ1n) is 8.04. The molecule has 3 heteroatoms. The number of aromatic nitrogens is 2. The van der Waals surface area contributed by atoms with E-state index in [4.69, 9.17) is 10.7 Å². The smallest absolute Gasteiger partial charge is 0.126 e. The molecule has 22 heavy (non-hydrogen) atoms. The zero-order valence-corrected chi connectivity index (χ0v) is 13.1. The van der Waals surface area contributed by atoms with Gasteiger partial charge in [0.15, 0.2) is 0 Å². The number of hydrogen-bond donors (Lipinski definition) is 1. The SMILES string of the molecule is CCCC(N)c1nc2ccccc2n1CCc1ccccc1. The molecule has 3 rings (SSSR count). The van der Waals surface area contributed by atoms with E-state index in [-0.39, 0.29) is 6.04 Å². The van der Waals surface area contributed by atoms with Crippen molar-refractivity contribution in [2.24, 2.45) is 5.73 Å². The van der Waals surface area contributed by atoms with E-state index in [1.54, 1.807) is 0 Å². The molecule has 0 aliphatic rings. The van der Waals surface area contributed by atoms with E-state index in [0.29, 0.717) is 0 Å². The summed E-state index contributed by atoms with van der Waals surface area (Å²) in [5.41, 5.74) is 9.92. The Kier molecular flexibility index (Phi) is 4.54. The van der Waals surface area contributed by atoms with Crippen LogP contribution < -0.4 is 5.73 Å². The van der Waals surface area contributed by atoms with Gasteiger partial charge in [-0.3, -0.25) is 0 Å². The van der Waals surface area contributed by atoms with E-state index in [1.807, 2.05) is 6.07 Å². The number of hydrogen-bond acceptors (Lipinski definition) is 2. The van der Waals surface area contributed by atoms with Gasteiger partial charge in [-0.2, -0.15) is 0 Å². The van der Waals surface area contributed by atoms with Crippen LogP contribution in [0.1, 0.15) is 37.2 Å². The lowest BCUT2D eigenvalue weighted by Gasteiger charge is -2.14. The van der Waals surface area contributed by atoms with E-state index < -0.39 is 0 Å². The minimum Gasteiger partial charge on any atom is -0.326 e. The number of nitrogens with two attached hydrogens (primary N) is 1. The zero-order valence-electron chi connectivity index (χ0n) is 13.1. The van der Waals surface area contributed by atoms with Crippen molar-refractivity contribution in [3.05, 3.63) is 66.0 Å². The predicted octanol–water partition coefficient (Wildman–Crippen LogP) is 4.08. The Morgan fingerprint density at radius 1 is 1.05 bits per heavy atom. The monoisotopic (exact) mass is 293 g/mol. The number of fused-ring (bicyclic) bond motifs is 1. The van der Waals surface area contributed by atoms with E-state index in [0.717, 1.165) is 37.1 Å². The Bertz CT molecular complexity index is 731. The van der Waals surface area contributed by atoms with Gasteiger partial charge < -0.3 is 10.3 Å². The number of nitrogens with zero attached hydrogens (tertiary/aromatic N) is 2. The van der Waals surface area contributed by atoms with E-state index >= 15 is 0 Å². The van der Waals surface area contributed by atoms with E-state index in [1.165, 1.54) is 11.1 Å². The lowest BCUT2D eigenvalue weighted by atomic mass is 10.1. The normalized spacial score (nSPS) is 12.6. The molecular weight excluding hydrogens is 270 g/mol. The molecule has 0 amide bonds. The minimum atomic E-state index is 0.00757. The van der Waals surface area contributed by atoms with Crippen LogP contribution in [0.5, 0.6) is 0 Å². The maximum Gasteiger partial charge on any atom is 0.126 e. The summed E-state index contributed by atoms with van der Waals surface area (Å²) in [4.78, 5) is 4.78. The largest absolute Gasteiger partial charge is 0.326 e. The highest BCUT2D eigenvalue weighted by molar-refractivity contribution is 5.76. The zero-order chi connectivity index (χ0) is 15.4. The highest BCUT2D eigenvalue weighted by Gasteiger charge is 2.16. The van der Waals surface area contributed by atoms with Gasteiger partial charge in [0.2, 0.25) is 0 Å². The summed E-state index contributed by atoms with van der Waals surface area (Å²) < 4.78 is 2.29. The summed E-state index contributed by atoms with van der Waals surface area (Å²) in [5.74, 6) is 1.01. The van der Waals surface area contributed by atoms with Crippen LogP contribution >= 0.6 is 0 Å². The average molecular weight is 293 g/mol. The second-order valence-electron chi connectivity index (χ2n) is 5.74. The van der Waals surface area contributed by atoms with Gasteiger partial charge in [0.1, 0.15) is 5.82 Å². The van der Waals surface area contributed by atoms with Crippen molar-refractivity contribution in [3.63, 3.8) is 0 Å². The number of rotatable bonds is 6. The molecule has 1 unspecified atom stereocenters. The first-order chi connectivity index (χ1) is 10.8. The van der Waals surface area contributed by atoms with Gasteiger partial charge in [0.25, 0.3) is 0 Å². The molecule has 114 valence electrons. The van der Waals surface area contributed by atoms with Crippen LogP contribution in [-0.4, -0.2) is 9.55 Å². The summed E-state index contributed by atoms with van der Waals surface area (Å²) >= 11 is 0. The third-order valence-corrected chi connectivity index (χ3v) is 4.08. The number of para-hydroxylation sites is 2. The molecule has 1 atom stereocenters. The topological polar surface area (TPSA) is 43.8 Å². The fourth-order valence-electron chi connectivity index (χ4n) is 2.94. The summed E-state index contributed by atoms with van der Waals surface area (Å²) in [6, 6.07) is 18.9. The Morgan fingerprint density at radius 2 is 1.77 bits per heavy atom. The maximum atomic E-state index is 6.36. The predicted molar refractivity (Wildman–Crippen MR) is 91.7 cm³/mol. The summed E-state index contributed by atoms with van der Waals surface area (Å²) in [7, 11) is 0. The third-order valence-electron chi connectivity index (χ3n) is 4.08. The minimum absolute atomic E-state index is 0.00757. The first-order valence-corrected chi connectivity index (χ1v) is 8.04. The second kappa shape index (κ2) is 6.75. The molecule has 0 saturated heterocycles. The quantitative estimate of drug-likeness (QED) is 0.744. The van der Waals surface area contributed by atoms with Gasteiger partial charge in [-0.05, 0) is 30.5 Å². The molecule has 0 aliphatic carbocycles. The Hall–Kier alpha value is -2.13. The van der Waals surface area contributed by atoms with Crippen molar-refractivity contribution in [1.82, 2.24) is 9.55 Å². The number of aryl methyl sites for hydroxylation is 2. The summed E-state index contributed by atoms with van der Waals surface area (Å²) in [6.45, 7) is 3.08. The van der Waals surface area contributed by atoms with E-state index in [2.05, 4.69) is 60.0 Å². The molecule has 0 radical (unpaired) electrons. The molecule has 0 aliphatic heterocycles. The first kappa shape index (κ1) is 14.8. The van der Waals surface area contributed by atoms with Gasteiger partial charge >= 0.3 is 0 Å². The van der Waals surface area contributed by atoms with Crippen LogP contribution in [0.2, 0.25) is 0 Å². The lowest BCUT2D eigenvalue weighted by Crippen LogP contribution is -2.17. The molecule has 3 nitrogen and oxygen atoms in total. The van der Waals surface area contributed by atoms with Gasteiger partial charge in [-0.15, -0.1) is 0 Å². The number of imidazole rings is 1. The highest BCUT2D eigenvalue weighted by Crippen LogP contribution is 2.22.